The number of hydrogen-bond donors (Lipinski definition) is 0. The van der Waals surface area contributed by atoms with Crippen molar-refractivity contribution in [3.05, 3.63) is 20.8 Å². The fraction of sp³-hybridized carbons (Fsp3) is 0.545. The monoisotopic (exact) mass is 303 g/mol. The summed E-state index contributed by atoms with van der Waals surface area (Å²) >= 11 is 5.00. The average molecular weight is 304 g/mol. The summed E-state index contributed by atoms with van der Waals surface area (Å²) in [5.74, 6) is 0.181. The molecule has 0 amide bonds. The predicted octanol–water partition coefficient (Wildman–Crippen LogP) is 1.95. The molecule has 2 heterocycles. The zero-order chi connectivity index (χ0) is 11.5. The Hall–Kier alpha value is -0.230. The van der Waals surface area contributed by atoms with Gasteiger partial charge in [-0.15, -0.1) is 11.3 Å². The van der Waals surface area contributed by atoms with Crippen LogP contribution in [0.4, 0.5) is 0 Å². The zero-order valence-corrected chi connectivity index (χ0v) is 11.5. The third kappa shape index (κ3) is 3.13. The highest BCUT2D eigenvalue weighted by Crippen LogP contribution is 2.23. The lowest BCUT2D eigenvalue weighted by Gasteiger charge is -2.28. The van der Waals surface area contributed by atoms with Gasteiger partial charge in [-0.1, -0.05) is 0 Å². The van der Waals surface area contributed by atoms with Crippen molar-refractivity contribution < 1.29 is 9.53 Å². The van der Waals surface area contributed by atoms with E-state index in [1.807, 2.05) is 19.2 Å². The van der Waals surface area contributed by atoms with E-state index in [1.165, 1.54) is 0 Å². The lowest BCUT2D eigenvalue weighted by Crippen LogP contribution is -2.44. The molecule has 0 N–H and O–H groups in total. The summed E-state index contributed by atoms with van der Waals surface area (Å²) in [6.45, 7) is 2.28. The number of nitrogens with zero attached hydrogens (tertiary/aromatic N) is 1. The van der Waals surface area contributed by atoms with Gasteiger partial charge >= 0.3 is 0 Å². The van der Waals surface area contributed by atoms with Crippen molar-refractivity contribution in [1.29, 1.82) is 0 Å². The van der Waals surface area contributed by atoms with E-state index >= 15 is 0 Å². The largest absolute Gasteiger partial charge is 0.368 e. The Morgan fingerprint density at radius 3 is 3.12 bits per heavy atom. The van der Waals surface area contributed by atoms with E-state index in [0.29, 0.717) is 19.6 Å². The number of hydrogen-bond acceptors (Lipinski definition) is 4. The maximum Gasteiger partial charge on any atom is 0.168 e. The number of rotatable bonds is 3. The molecular formula is C11H14BrNO2S. The SMILES string of the molecule is CN1CCOC(C(=O)Cc2ccc(Br)s2)C1. The highest BCUT2D eigenvalue weighted by molar-refractivity contribution is 9.11. The molecule has 1 aliphatic rings. The van der Waals surface area contributed by atoms with Crippen molar-refractivity contribution in [2.45, 2.75) is 12.5 Å². The molecule has 1 aromatic rings. The molecule has 0 aliphatic carbocycles. The van der Waals surface area contributed by atoms with Gasteiger partial charge in [-0.2, -0.15) is 0 Å². The molecule has 0 bridgehead atoms. The summed E-state index contributed by atoms with van der Waals surface area (Å²) in [5, 5.41) is 0. The molecule has 1 aromatic heterocycles. The summed E-state index contributed by atoms with van der Waals surface area (Å²) < 4.78 is 6.56. The van der Waals surface area contributed by atoms with E-state index < -0.39 is 0 Å². The van der Waals surface area contributed by atoms with E-state index in [4.69, 9.17) is 4.74 Å². The molecule has 1 saturated heterocycles. The molecule has 0 saturated carbocycles. The number of carbonyl (C=O) groups excluding carboxylic acids is 1. The summed E-state index contributed by atoms with van der Waals surface area (Å²) in [7, 11) is 2.02. The van der Waals surface area contributed by atoms with Crippen LogP contribution in [0.2, 0.25) is 0 Å². The molecule has 5 heteroatoms. The minimum absolute atomic E-state index is 0.181. The van der Waals surface area contributed by atoms with E-state index in [1.54, 1.807) is 11.3 Å². The van der Waals surface area contributed by atoms with Crippen LogP contribution in [0.1, 0.15) is 4.88 Å². The van der Waals surface area contributed by atoms with Crippen molar-refractivity contribution in [1.82, 2.24) is 4.90 Å². The zero-order valence-electron chi connectivity index (χ0n) is 9.11. The van der Waals surface area contributed by atoms with Gasteiger partial charge in [0, 0.05) is 24.4 Å². The maximum atomic E-state index is 12.0. The number of likely N-dealkylation sites (N-methyl/N-ethyl adjacent to an activating group) is 1. The summed E-state index contributed by atoms with van der Waals surface area (Å²) in [6.07, 6.45) is 0.231. The number of Topliss-reactive ketones (excluding diaryl/α,β-unsaturated/α-hetero) is 1. The average Bonchev–Trinajstić information content (AvgIpc) is 2.64. The van der Waals surface area contributed by atoms with Gasteiger partial charge in [-0.25, -0.2) is 0 Å². The highest BCUT2D eigenvalue weighted by Gasteiger charge is 2.24. The maximum absolute atomic E-state index is 12.0. The first-order valence-electron chi connectivity index (χ1n) is 5.22. The van der Waals surface area contributed by atoms with Crippen LogP contribution < -0.4 is 0 Å². The summed E-state index contributed by atoms with van der Waals surface area (Å²) in [4.78, 5) is 15.2. The highest BCUT2D eigenvalue weighted by atomic mass is 79.9. The quantitative estimate of drug-likeness (QED) is 0.855. The van der Waals surface area contributed by atoms with Crippen LogP contribution in [0.25, 0.3) is 0 Å². The minimum Gasteiger partial charge on any atom is -0.368 e. The van der Waals surface area contributed by atoms with Crippen LogP contribution in [-0.4, -0.2) is 43.5 Å². The molecule has 0 spiro atoms. The smallest absolute Gasteiger partial charge is 0.168 e. The van der Waals surface area contributed by atoms with Gasteiger partial charge < -0.3 is 9.64 Å². The van der Waals surface area contributed by atoms with Crippen molar-refractivity contribution in [2.24, 2.45) is 0 Å². The van der Waals surface area contributed by atoms with E-state index in [0.717, 1.165) is 15.2 Å². The molecule has 1 unspecified atom stereocenters. The second-order valence-corrected chi connectivity index (χ2v) is 6.52. The predicted molar refractivity (Wildman–Crippen MR) is 68.0 cm³/mol. The van der Waals surface area contributed by atoms with Gasteiger partial charge in [-0.05, 0) is 35.1 Å². The number of thiophene rings is 1. The molecule has 0 radical (unpaired) electrons. The van der Waals surface area contributed by atoms with Gasteiger partial charge in [0.25, 0.3) is 0 Å². The lowest BCUT2D eigenvalue weighted by atomic mass is 10.1. The fourth-order valence-corrected chi connectivity index (χ4v) is 3.20. The molecule has 1 fully saturated rings. The Labute approximate surface area is 108 Å². The number of carbonyl (C=O) groups is 1. The van der Waals surface area contributed by atoms with Crippen molar-refractivity contribution in [3.8, 4) is 0 Å². The first-order chi connectivity index (χ1) is 7.65. The Kier molecular flexibility index (Phi) is 4.13. The van der Waals surface area contributed by atoms with Crippen LogP contribution in [0, 0.1) is 0 Å². The van der Waals surface area contributed by atoms with Gasteiger partial charge in [0.2, 0.25) is 0 Å². The topological polar surface area (TPSA) is 29.5 Å². The summed E-state index contributed by atoms with van der Waals surface area (Å²) in [6, 6.07) is 3.96. The molecule has 1 aliphatic heterocycles. The Morgan fingerprint density at radius 1 is 1.69 bits per heavy atom. The Bertz CT molecular complexity index is 380. The molecule has 88 valence electrons. The summed E-state index contributed by atoms with van der Waals surface area (Å²) in [5.41, 5.74) is 0. The van der Waals surface area contributed by atoms with Crippen molar-refractivity contribution >= 4 is 33.0 Å². The van der Waals surface area contributed by atoms with Crippen LogP contribution >= 0.6 is 27.3 Å². The first kappa shape index (κ1) is 12.2. The number of ether oxygens (including phenoxy) is 1. The van der Waals surface area contributed by atoms with Crippen molar-refractivity contribution in [2.75, 3.05) is 26.7 Å². The van der Waals surface area contributed by atoms with Crippen LogP contribution in [0.15, 0.2) is 15.9 Å². The molecule has 2 rings (SSSR count). The Balaban J connectivity index is 1.92. The van der Waals surface area contributed by atoms with E-state index in [2.05, 4.69) is 20.8 Å². The molecule has 16 heavy (non-hydrogen) atoms. The van der Waals surface area contributed by atoms with Crippen LogP contribution in [0.5, 0.6) is 0 Å². The van der Waals surface area contributed by atoms with Crippen molar-refractivity contribution in [3.63, 3.8) is 0 Å². The van der Waals surface area contributed by atoms with E-state index in [9.17, 15) is 4.79 Å². The minimum atomic E-state index is -0.250. The van der Waals surface area contributed by atoms with Crippen LogP contribution in [-0.2, 0) is 16.0 Å². The van der Waals surface area contributed by atoms with Gasteiger partial charge in [0.1, 0.15) is 6.10 Å². The van der Waals surface area contributed by atoms with Gasteiger partial charge in [0.05, 0.1) is 10.4 Å². The molecule has 0 aromatic carbocycles. The Morgan fingerprint density at radius 2 is 2.50 bits per heavy atom. The lowest BCUT2D eigenvalue weighted by molar-refractivity contribution is -0.134. The molecule has 3 nitrogen and oxygen atoms in total. The number of ketones is 1. The second-order valence-electron chi connectivity index (χ2n) is 3.97. The standard InChI is InChI=1S/C11H14BrNO2S/c1-13-4-5-15-10(7-13)9(14)6-8-2-3-11(12)16-8/h2-3,10H,4-7H2,1H3. The molecule has 1 atom stereocenters. The second kappa shape index (κ2) is 5.40. The van der Waals surface area contributed by atoms with Crippen LogP contribution in [0.3, 0.4) is 0 Å². The third-order valence-corrected chi connectivity index (χ3v) is 4.23. The van der Waals surface area contributed by atoms with Gasteiger partial charge in [0.15, 0.2) is 5.78 Å². The van der Waals surface area contributed by atoms with Gasteiger partial charge in [-0.3, -0.25) is 4.79 Å². The van der Waals surface area contributed by atoms with E-state index in [-0.39, 0.29) is 11.9 Å². The number of morpholine rings is 1. The third-order valence-electron chi connectivity index (χ3n) is 2.61. The normalized spacial score (nSPS) is 22.2. The number of halogens is 1. The fourth-order valence-electron chi connectivity index (χ4n) is 1.70. The molecular weight excluding hydrogens is 290 g/mol. The first-order valence-corrected chi connectivity index (χ1v) is 6.83.